The van der Waals surface area contributed by atoms with Crippen molar-refractivity contribution in [3.63, 3.8) is 0 Å². The lowest BCUT2D eigenvalue weighted by Gasteiger charge is -2.32. The van der Waals surface area contributed by atoms with Gasteiger partial charge in [0.05, 0.1) is 12.2 Å². The van der Waals surface area contributed by atoms with Crippen LogP contribution in [0.5, 0.6) is 0 Å². The van der Waals surface area contributed by atoms with Gasteiger partial charge in [0.15, 0.2) is 0 Å². The molecule has 5 nitrogen and oxygen atoms in total. The third-order valence-corrected chi connectivity index (χ3v) is 6.01. The summed E-state index contributed by atoms with van der Waals surface area (Å²) in [6, 6.07) is -0.109. The Morgan fingerprint density at radius 2 is 1.48 bits per heavy atom. The Hall–Kier alpha value is -1.85. The van der Waals surface area contributed by atoms with E-state index in [1.54, 1.807) is 7.11 Å². The minimum Gasteiger partial charge on any atom is -0.390 e. The second-order valence-corrected chi connectivity index (χ2v) is 8.89. The highest BCUT2D eigenvalue weighted by Gasteiger charge is 2.29. The molecule has 3 atom stereocenters. The summed E-state index contributed by atoms with van der Waals surface area (Å²) in [5, 5.41) is 15.7. The first-order chi connectivity index (χ1) is 16.2. The molecule has 0 aliphatic heterocycles. The summed E-state index contributed by atoms with van der Waals surface area (Å²) >= 11 is 0. The summed E-state index contributed by atoms with van der Waals surface area (Å²) in [7, 11) is 1.63. The van der Waals surface area contributed by atoms with Gasteiger partial charge in [0.25, 0.3) is 0 Å². The average Bonchev–Trinajstić information content (AvgIpc) is 2.82. The third kappa shape index (κ3) is 16.4. The predicted molar refractivity (Wildman–Crippen MR) is 139 cm³/mol. The van der Waals surface area contributed by atoms with Gasteiger partial charge in [0, 0.05) is 20.2 Å². The van der Waals surface area contributed by atoms with Crippen LogP contribution in [-0.4, -0.2) is 43.5 Å². The van der Waals surface area contributed by atoms with E-state index in [1.165, 1.54) is 25.7 Å². The smallest absolute Gasteiger partial charge is 0.314 e. The molecular formula is C28H48N2O3. The van der Waals surface area contributed by atoms with E-state index in [0.29, 0.717) is 19.0 Å². The lowest BCUT2D eigenvalue weighted by atomic mass is 9.85. The standard InChI is InChI=1S/C28H48N2O3/c1-3-4-5-6-7-8-9-10-11-12-13-14-15-16-17-18-19-22-29-28(32)30-24-25-20-21-26(31)27(23-25)33-2/h7-8,10-11,13-14,16-17,25-27,31H,3-6,9,12,15,18-24H2,1-2H3,(H2,29,30,32)/b8-7-,11-10-,14-13-,17-16-. The van der Waals surface area contributed by atoms with Crippen LogP contribution in [0.3, 0.4) is 0 Å². The molecule has 5 heteroatoms. The lowest BCUT2D eigenvalue weighted by molar-refractivity contribution is -0.0498. The zero-order valence-corrected chi connectivity index (χ0v) is 21.0. The Balaban J connectivity index is 1.94. The van der Waals surface area contributed by atoms with Crippen LogP contribution >= 0.6 is 0 Å². The van der Waals surface area contributed by atoms with Crippen molar-refractivity contribution in [1.29, 1.82) is 0 Å². The van der Waals surface area contributed by atoms with Crippen molar-refractivity contribution >= 4 is 6.03 Å². The van der Waals surface area contributed by atoms with Gasteiger partial charge in [-0.3, -0.25) is 0 Å². The molecule has 1 rings (SSSR count). The maximum atomic E-state index is 11.9. The zero-order chi connectivity index (χ0) is 24.0. The number of aliphatic hydroxyl groups is 1. The number of hydrogen-bond acceptors (Lipinski definition) is 3. The Labute approximate surface area is 202 Å². The Bertz CT molecular complexity index is 598. The fraction of sp³-hybridized carbons (Fsp3) is 0.679. The van der Waals surface area contributed by atoms with Crippen LogP contribution in [-0.2, 0) is 4.74 Å². The van der Waals surface area contributed by atoms with Crippen molar-refractivity contribution in [2.24, 2.45) is 5.92 Å². The lowest BCUT2D eigenvalue weighted by Crippen LogP contribution is -2.42. The number of rotatable bonds is 17. The molecule has 1 aliphatic rings. The van der Waals surface area contributed by atoms with Gasteiger partial charge >= 0.3 is 6.03 Å². The van der Waals surface area contributed by atoms with Gasteiger partial charge in [0.2, 0.25) is 0 Å². The number of carbonyl (C=O) groups excluding carboxylic acids is 1. The Morgan fingerprint density at radius 3 is 2.09 bits per heavy atom. The SMILES string of the molecule is CCCCC/C=C\C/C=C\C/C=C\C/C=C\CCCNC(=O)NCC1CCC(O)C(OC)C1. The molecule has 1 saturated carbocycles. The molecule has 0 aromatic heterocycles. The number of carbonyl (C=O) groups is 1. The Morgan fingerprint density at radius 1 is 0.879 bits per heavy atom. The average molecular weight is 461 g/mol. The maximum absolute atomic E-state index is 11.9. The van der Waals surface area contributed by atoms with Crippen molar-refractivity contribution in [2.75, 3.05) is 20.2 Å². The highest BCUT2D eigenvalue weighted by atomic mass is 16.5. The first-order valence-corrected chi connectivity index (χ1v) is 13.0. The van der Waals surface area contributed by atoms with Crippen molar-refractivity contribution < 1.29 is 14.6 Å². The summed E-state index contributed by atoms with van der Waals surface area (Å²) < 4.78 is 5.32. The van der Waals surface area contributed by atoms with Gasteiger partial charge in [0.1, 0.15) is 0 Å². The summed E-state index contributed by atoms with van der Waals surface area (Å²) in [5.41, 5.74) is 0. The van der Waals surface area contributed by atoms with Gasteiger partial charge < -0.3 is 20.5 Å². The normalized spacial score (nSPS) is 21.6. The largest absolute Gasteiger partial charge is 0.390 e. The molecule has 3 unspecified atom stereocenters. The third-order valence-electron chi connectivity index (χ3n) is 6.01. The van der Waals surface area contributed by atoms with Crippen LogP contribution < -0.4 is 10.6 Å². The van der Waals surface area contributed by atoms with E-state index < -0.39 is 0 Å². The van der Waals surface area contributed by atoms with Gasteiger partial charge in [-0.1, -0.05) is 68.4 Å². The molecule has 188 valence electrons. The molecule has 0 aromatic carbocycles. The van der Waals surface area contributed by atoms with Gasteiger partial charge in [-0.2, -0.15) is 0 Å². The molecule has 0 aromatic rings. The van der Waals surface area contributed by atoms with Gasteiger partial charge in [-0.15, -0.1) is 0 Å². The number of ether oxygens (including phenoxy) is 1. The maximum Gasteiger partial charge on any atom is 0.314 e. The van der Waals surface area contributed by atoms with Crippen LogP contribution in [0.15, 0.2) is 48.6 Å². The molecule has 0 saturated heterocycles. The summed E-state index contributed by atoms with van der Waals surface area (Å²) in [6.45, 7) is 3.55. The fourth-order valence-electron chi connectivity index (χ4n) is 3.92. The first kappa shape index (κ1) is 29.2. The minimum absolute atomic E-state index is 0.109. The number of allylic oxidation sites excluding steroid dienone is 8. The second kappa shape index (κ2) is 20.7. The van der Waals surface area contributed by atoms with Gasteiger partial charge in [-0.05, 0) is 70.1 Å². The van der Waals surface area contributed by atoms with E-state index in [0.717, 1.165) is 51.4 Å². The zero-order valence-electron chi connectivity index (χ0n) is 21.0. The number of amides is 2. The number of aliphatic hydroxyl groups excluding tert-OH is 1. The van der Waals surface area contributed by atoms with E-state index in [2.05, 4.69) is 66.2 Å². The van der Waals surface area contributed by atoms with E-state index in [-0.39, 0.29) is 18.2 Å². The van der Waals surface area contributed by atoms with Gasteiger partial charge in [-0.25, -0.2) is 4.79 Å². The van der Waals surface area contributed by atoms with Crippen molar-refractivity contribution in [3.05, 3.63) is 48.6 Å². The molecule has 1 fully saturated rings. The van der Waals surface area contributed by atoms with E-state index in [9.17, 15) is 9.90 Å². The second-order valence-electron chi connectivity index (χ2n) is 8.89. The van der Waals surface area contributed by atoms with Crippen LogP contribution in [0, 0.1) is 5.92 Å². The molecule has 0 bridgehead atoms. The molecule has 3 N–H and O–H groups in total. The first-order valence-electron chi connectivity index (χ1n) is 13.0. The number of nitrogens with one attached hydrogen (secondary N) is 2. The molecule has 1 aliphatic carbocycles. The highest BCUT2D eigenvalue weighted by molar-refractivity contribution is 5.73. The molecule has 0 heterocycles. The number of methoxy groups -OCH3 is 1. The quantitative estimate of drug-likeness (QED) is 0.178. The van der Waals surface area contributed by atoms with E-state index >= 15 is 0 Å². The minimum atomic E-state index is -0.377. The summed E-state index contributed by atoms with van der Waals surface area (Å²) in [5.74, 6) is 0.368. The van der Waals surface area contributed by atoms with Crippen LogP contribution in [0.25, 0.3) is 0 Å². The predicted octanol–water partition coefficient (Wildman–Crippen LogP) is 6.22. The van der Waals surface area contributed by atoms with Crippen LogP contribution in [0.4, 0.5) is 4.79 Å². The Kier molecular flexibility index (Phi) is 18.3. The summed E-state index contributed by atoms with van der Waals surface area (Å²) in [4.78, 5) is 11.9. The van der Waals surface area contributed by atoms with Crippen LogP contribution in [0.1, 0.15) is 84.0 Å². The fourth-order valence-corrected chi connectivity index (χ4v) is 3.92. The van der Waals surface area contributed by atoms with Crippen LogP contribution in [0.2, 0.25) is 0 Å². The number of hydrogen-bond donors (Lipinski definition) is 3. The topological polar surface area (TPSA) is 70.6 Å². The highest BCUT2D eigenvalue weighted by Crippen LogP contribution is 2.25. The van der Waals surface area contributed by atoms with Crippen molar-refractivity contribution in [3.8, 4) is 0 Å². The molecular weight excluding hydrogens is 412 g/mol. The summed E-state index contributed by atoms with van der Waals surface area (Å²) in [6.07, 6.45) is 29.8. The van der Waals surface area contributed by atoms with E-state index in [4.69, 9.17) is 4.74 Å². The van der Waals surface area contributed by atoms with E-state index in [1.807, 2.05) is 0 Å². The molecule has 0 spiro atoms. The molecule has 33 heavy (non-hydrogen) atoms. The number of unbranched alkanes of at least 4 members (excludes halogenated alkanes) is 4. The van der Waals surface area contributed by atoms with Crippen molar-refractivity contribution in [2.45, 2.75) is 96.2 Å². The molecule has 2 amide bonds. The number of urea groups is 1. The monoisotopic (exact) mass is 460 g/mol. The van der Waals surface area contributed by atoms with Crippen molar-refractivity contribution in [1.82, 2.24) is 10.6 Å². The molecule has 0 radical (unpaired) electrons.